The van der Waals surface area contributed by atoms with E-state index >= 15 is 0 Å². The van der Waals surface area contributed by atoms with E-state index in [-0.39, 0.29) is 35.7 Å². The highest BCUT2D eigenvalue weighted by atomic mass is 35.5. The Balaban J connectivity index is 0.000000203. The molecule has 4 N–H and O–H groups in total. The second kappa shape index (κ2) is 32.5. The lowest BCUT2D eigenvalue weighted by Crippen LogP contribution is -2.41. The Hall–Kier alpha value is -8.28. The average Bonchev–Trinajstić information content (AvgIpc) is 3.52. The van der Waals surface area contributed by atoms with E-state index in [1.165, 1.54) is 45.3 Å². The first-order valence-corrected chi connectivity index (χ1v) is 28.5. The zero-order valence-electron chi connectivity index (χ0n) is 47.4. The van der Waals surface area contributed by atoms with Crippen molar-refractivity contribution >= 4 is 80.8 Å². The van der Waals surface area contributed by atoms with Crippen molar-refractivity contribution in [2.24, 2.45) is 29.4 Å². The lowest BCUT2D eigenvalue weighted by Gasteiger charge is -2.17. The number of Topliss-reactive ketones (excluding diaryl/α,β-unsaturated/α-hetero) is 2. The smallest absolute Gasteiger partial charge is 0.446 e. The van der Waals surface area contributed by atoms with Crippen LogP contribution in [0.2, 0.25) is 10.0 Å². The van der Waals surface area contributed by atoms with Crippen molar-refractivity contribution in [3.05, 3.63) is 166 Å². The Labute approximate surface area is 507 Å². The molecule has 2 saturated carbocycles. The van der Waals surface area contributed by atoms with Gasteiger partial charge in [-0.2, -0.15) is 26.3 Å². The van der Waals surface area contributed by atoms with Gasteiger partial charge in [-0.1, -0.05) is 108 Å². The summed E-state index contributed by atoms with van der Waals surface area (Å²) in [6.07, 6.45) is 0.747. The number of ketones is 2. The molecule has 10 rings (SSSR count). The fraction of sp³-hybridized carbons (Fsp3) is 0.355. The van der Waals surface area contributed by atoms with Gasteiger partial charge in [0, 0.05) is 28.8 Å². The number of nitrogens with zero attached hydrogens (tertiary/aromatic N) is 8. The summed E-state index contributed by atoms with van der Waals surface area (Å²) in [6, 6.07) is 39.8. The lowest BCUT2D eigenvalue weighted by molar-refractivity contribution is -0.156. The number of aromatic nitrogens is 8. The molecule has 17 nitrogen and oxygen atoms in total. The summed E-state index contributed by atoms with van der Waals surface area (Å²) in [5.41, 5.74) is 11.6. The molecule has 6 aromatic carbocycles. The van der Waals surface area contributed by atoms with E-state index in [2.05, 4.69) is 121 Å². The monoisotopic (exact) mass is 1240 g/mol. The normalized spacial score (nSPS) is 16.9. The molecule has 1 amide bonds. The zero-order chi connectivity index (χ0) is 63.3. The van der Waals surface area contributed by atoms with Crippen molar-refractivity contribution in [1.82, 2.24) is 45.7 Å². The van der Waals surface area contributed by atoms with Crippen LogP contribution in [0.4, 0.5) is 26.3 Å². The van der Waals surface area contributed by atoms with Crippen molar-refractivity contribution in [3.63, 3.8) is 0 Å². The maximum absolute atomic E-state index is 13.0. The van der Waals surface area contributed by atoms with E-state index in [0.29, 0.717) is 41.1 Å². The number of halogens is 8. The fourth-order valence-corrected chi connectivity index (χ4v) is 10.6. The topological polar surface area (TPSA) is 248 Å². The van der Waals surface area contributed by atoms with Crippen LogP contribution in [-0.4, -0.2) is 106 Å². The van der Waals surface area contributed by atoms with Gasteiger partial charge in [0.25, 0.3) is 0 Å². The van der Waals surface area contributed by atoms with E-state index < -0.39 is 43.0 Å². The predicted octanol–water partition coefficient (Wildman–Crippen LogP) is 11.7. The number of aldehydes is 2. The molecule has 0 bridgehead atoms. The summed E-state index contributed by atoms with van der Waals surface area (Å²) >= 11 is 12.2. The number of rotatable bonds is 17. The highest BCUT2D eigenvalue weighted by Crippen LogP contribution is 2.35. The third-order valence-electron chi connectivity index (χ3n) is 14.7. The first-order chi connectivity index (χ1) is 41.4. The number of hydrogen-bond acceptors (Lipinski definition) is 13. The van der Waals surface area contributed by atoms with Crippen LogP contribution in [0.15, 0.2) is 134 Å². The van der Waals surface area contributed by atoms with Crippen molar-refractivity contribution in [2.45, 2.75) is 115 Å². The quantitative estimate of drug-likeness (QED) is 0.0567. The first kappa shape index (κ1) is 67.8. The number of carboxylic acids is 1. The first-order valence-electron chi connectivity index (χ1n) is 27.8. The SMILES string of the molecule is C[C@H](N)C(=O)CCc1cc(Cl)ccc1-n1cnnn1.C[C@H](NC(=O)[C@@H]1CC[C@@H](Cc2ccc3ccccc3c2)C1)C(=O)CCc1cc(Cl)ccc1-n1cnnn1.O=C(O)[C@@H]1CC[C@@H](Cc2ccc3ccccc3c2)C1.O=CC(F)(F)F.O=CC(F)(F)F. The maximum Gasteiger partial charge on any atom is 0.446 e. The average molecular weight is 1250 g/mol. The van der Waals surface area contributed by atoms with Crippen LogP contribution in [0, 0.1) is 23.7 Å². The van der Waals surface area contributed by atoms with Crippen molar-refractivity contribution < 1.29 is 60.2 Å². The molecule has 6 atom stereocenters. The van der Waals surface area contributed by atoms with Gasteiger partial charge in [-0.05, 0) is 191 Å². The predicted molar refractivity (Wildman–Crippen MR) is 315 cm³/mol. The number of hydrogen-bond donors (Lipinski definition) is 3. The van der Waals surface area contributed by atoms with Crippen LogP contribution >= 0.6 is 23.2 Å². The molecule has 2 aliphatic carbocycles. The standard InChI is InChI=1S/C29H30ClN5O2.C17H18O2.C12H14ClN5O.2C2HF3O/c1-19(28(36)13-10-24-17-26(30)11-12-27(24)35-18-31-33-34-35)32-29(37)25-9-7-21(16-25)14-20-6-8-22-4-2-3-5-23(22)15-20;18-17(19)16-8-6-13(11-16)9-12-5-7-14-3-1-2-4-15(14)10-12;1-8(14)12(19)5-2-9-6-10(13)3-4-11(9)18-7-15-16-17-18;2*3-2(4,5)1-6/h2-6,8,11-12,15,17-19,21,25H,7,9-10,13-14,16H2,1H3,(H,32,37);1-5,7,10,13,16H,6,8-9,11H2,(H,18,19);3-4,6-8H,2,5,14H2,1H3;2*1H/t19-,21-,25+;13-,16+;8-;;/m000../s1. The number of nitrogens with two attached hydrogens (primary N) is 1. The highest BCUT2D eigenvalue weighted by molar-refractivity contribution is 6.31. The number of aryl methyl sites for hydroxylation is 2. The third-order valence-corrected chi connectivity index (χ3v) is 15.1. The molecular weight excluding hydrogens is 1180 g/mol. The summed E-state index contributed by atoms with van der Waals surface area (Å²) in [5.74, 6) is 0.215. The molecule has 2 aliphatic rings. The molecule has 2 fully saturated rings. The van der Waals surface area contributed by atoms with Gasteiger partial charge >= 0.3 is 18.3 Å². The summed E-state index contributed by atoms with van der Waals surface area (Å²) in [5, 5.41) is 40.6. The van der Waals surface area contributed by atoms with Gasteiger partial charge < -0.3 is 16.2 Å². The van der Waals surface area contributed by atoms with Gasteiger partial charge in [-0.25, -0.2) is 9.36 Å². The van der Waals surface area contributed by atoms with E-state index in [1.54, 1.807) is 35.3 Å². The molecule has 25 heteroatoms. The molecule has 2 heterocycles. The Morgan fingerprint density at radius 3 is 1.41 bits per heavy atom. The Morgan fingerprint density at radius 1 is 0.609 bits per heavy atom. The number of carboxylic acid groups (broad SMARTS) is 1. The van der Waals surface area contributed by atoms with Gasteiger partial charge in [0.15, 0.2) is 5.78 Å². The Morgan fingerprint density at radius 2 is 1.02 bits per heavy atom. The molecule has 8 aromatic rings. The zero-order valence-corrected chi connectivity index (χ0v) is 48.9. The maximum atomic E-state index is 13.0. The number of aliphatic carboxylic acids is 1. The number of benzene rings is 6. The molecular formula is C62H64Cl2F6N10O7. The van der Waals surface area contributed by atoms with E-state index in [9.17, 15) is 45.5 Å². The molecule has 0 radical (unpaired) electrons. The summed E-state index contributed by atoms with van der Waals surface area (Å²) < 4.78 is 65.6. The largest absolute Gasteiger partial charge is 0.481 e. The van der Waals surface area contributed by atoms with Gasteiger partial charge in [0.1, 0.15) is 18.4 Å². The Kier molecular flexibility index (Phi) is 25.3. The van der Waals surface area contributed by atoms with Gasteiger partial charge in [-0.3, -0.25) is 28.8 Å². The van der Waals surface area contributed by atoms with Crippen molar-refractivity contribution in [3.8, 4) is 11.4 Å². The number of fused-ring (bicyclic) bond motifs is 2. The minimum absolute atomic E-state index is 0.0123. The highest BCUT2D eigenvalue weighted by Gasteiger charge is 2.32. The number of carbonyl (C=O) groups is 6. The Bertz CT molecular complexity index is 3560. The van der Waals surface area contributed by atoms with Gasteiger partial charge in [0.05, 0.1) is 29.4 Å². The molecule has 0 unspecified atom stereocenters. The third kappa shape index (κ3) is 22.2. The number of nitrogens with one attached hydrogen (secondary N) is 1. The molecule has 460 valence electrons. The lowest BCUT2D eigenvalue weighted by atomic mass is 9.95. The van der Waals surface area contributed by atoms with Crippen LogP contribution in [-0.2, 0) is 54.5 Å². The summed E-state index contributed by atoms with van der Waals surface area (Å²) in [4.78, 5) is 65.8. The van der Waals surface area contributed by atoms with Crippen LogP contribution in [0.5, 0.6) is 0 Å². The minimum atomic E-state index is -4.64. The molecule has 0 saturated heterocycles. The summed E-state index contributed by atoms with van der Waals surface area (Å²) in [6.45, 7) is 3.45. The molecule has 87 heavy (non-hydrogen) atoms. The molecule has 0 aliphatic heterocycles. The number of amides is 1. The van der Waals surface area contributed by atoms with Crippen LogP contribution in [0.3, 0.4) is 0 Å². The molecule has 2 aromatic heterocycles. The number of carbonyl (C=O) groups excluding carboxylic acids is 5. The fourth-order valence-electron chi connectivity index (χ4n) is 10.3. The van der Waals surface area contributed by atoms with Crippen LogP contribution in [0.25, 0.3) is 32.9 Å². The number of alkyl halides is 6. The van der Waals surface area contributed by atoms with Crippen LogP contribution in [0.1, 0.15) is 87.5 Å². The summed E-state index contributed by atoms with van der Waals surface area (Å²) in [7, 11) is 0. The van der Waals surface area contributed by atoms with Crippen molar-refractivity contribution in [1.29, 1.82) is 0 Å². The van der Waals surface area contributed by atoms with E-state index in [4.69, 9.17) is 43.6 Å². The molecule has 0 spiro atoms. The minimum Gasteiger partial charge on any atom is -0.481 e. The van der Waals surface area contributed by atoms with E-state index in [0.717, 1.165) is 73.9 Å². The second-order valence-electron chi connectivity index (χ2n) is 21.2. The van der Waals surface area contributed by atoms with Gasteiger partial charge in [-0.15, -0.1) is 10.2 Å². The van der Waals surface area contributed by atoms with Gasteiger partial charge in [0.2, 0.25) is 18.5 Å². The number of tetrazole rings is 2. The second-order valence-corrected chi connectivity index (χ2v) is 22.1. The van der Waals surface area contributed by atoms with E-state index in [1.807, 2.05) is 24.3 Å². The van der Waals surface area contributed by atoms with Crippen LogP contribution < -0.4 is 11.1 Å². The van der Waals surface area contributed by atoms with Crippen molar-refractivity contribution in [2.75, 3.05) is 0 Å².